The summed E-state index contributed by atoms with van der Waals surface area (Å²) in [5.74, 6) is -1.56. The minimum atomic E-state index is -0.889. The number of aliphatic carboxylic acids is 1. The molecule has 54 heavy (non-hydrogen) atoms. The predicted molar refractivity (Wildman–Crippen MR) is 224 cm³/mol. The summed E-state index contributed by atoms with van der Waals surface area (Å²) in [5.41, 5.74) is 0. The zero-order valence-corrected chi connectivity index (χ0v) is 34.6. The Bertz CT molecular complexity index is 1160. The zero-order chi connectivity index (χ0) is 40.0. The number of nitrogens with zero attached hydrogens (tertiary/aromatic N) is 1. The molecule has 2 unspecified atom stereocenters. The first-order chi connectivity index (χ1) is 26.1. The number of ether oxygens (including phenoxy) is 3. The minimum Gasteiger partial charge on any atom is -0.477 e. The number of likely N-dealkylation sites (N-methyl/N-ethyl adjacent to an activating group) is 1. The second kappa shape index (κ2) is 36.5. The lowest BCUT2D eigenvalue weighted by Gasteiger charge is -2.31. The lowest BCUT2D eigenvalue weighted by atomic mass is 10.1. The van der Waals surface area contributed by atoms with Crippen LogP contribution in [0, 0.1) is 0 Å². The summed E-state index contributed by atoms with van der Waals surface area (Å²) < 4.78 is 17.2. The zero-order valence-electron chi connectivity index (χ0n) is 34.6. The van der Waals surface area contributed by atoms with Crippen molar-refractivity contribution in [1.29, 1.82) is 0 Å². The van der Waals surface area contributed by atoms with Crippen molar-refractivity contribution in [2.45, 2.75) is 148 Å². The third kappa shape index (κ3) is 34.3. The van der Waals surface area contributed by atoms with E-state index in [1.165, 1.54) is 19.3 Å². The van der Waals surface area contributed by atoms with E-state index in [2.05, 4.69) is 86.8 Å². The molecule has 2 atom stereocenters. The van der Waals surface area contributed by atoms with Gasteiger partial charge >= 0.3 is 17.9 Å². The van der Waals surface area contributed by atoms with Gasteiger partial charge in [0.05, 0.1) is 34.4 Å². The van der Waals surface area contributed by atoms with Crippen molar-refractivity contribution >= 4 is 17.9 Å². The van der Waals surface area contributed by atoms with Crippen molar-refractivity contribution in [2.24, 2.45) is 0 Å². The van der Waals surface area contributed by atoms with Crippen LogP contribution in [0.15, 0.2) is 85.1 Å². The van der Waals surface area contributed by atoms with E-state index in [-0.39, 0.29) is 36.2 Å². The molecular weight excluding hydrogens is 679 g/mol. The van der Waals surface area contributed by atoms with Crippen LogP contribution >= 0.6 is 0 Å². The molecule has 0 saturated carbocycles. The number of carbonyl (C=O) groups is 3. The van der Waals surface area contributed by atoms with Crippen LogP contribution in [-0.4, -0.2) is 80.6 Å². The molecule has 0 bridgehead atoms. The molecule has 0 spiro atoms. The molecular formula is C46H76NO7+. The maximum absolute atomic E-state index is 12.7. The molecule has 0 aliphatic carbocycles. The summed E-state index contributed by atoms with van der Waals surface area (Å²) >= 11 is 0. The van der Waals surface area contributed by atoms with Gasteiger partial charge in [-0.05, 0) is 70.6 Å². The van der Waals surface area contributed by atoms with Crippen molar-refractivity contribution in [3.05, 3.63) is 85.1 Å². The van der Waals surface area contributed by atoms with Gasteiger partial charge in [0, 0.05) is 19.3 Å². The second-order valence-electron chi connectivity index (χ2n) is 14.6. The lowest BCUT2D eigenvalue weighted by Crippen LogP contribution is -2.50. The van der Waals surface area contributed by atoms with Gasteiger partial charge in [0.2, 0.25) is 0 Å². The highest BCUT2D eigenvalue weighted by Gasteiger charge is 2.31. The molecule has 0 aromatic heterocycles. The molecule has 0 amide bonds. The molecule has 8 nitrogen and oxygen atoms in total. The molecule has 0 rings (SSSR count). The Kier molecular flexibility index (Phi) is 34.1. The number of quaternary nitrogens is 1. The monoisotopic (exact) mass is 755 g/mol. The van der Waals surface area contributed by atoms with Gasteiger partial charge in [-0.15, -0.1) is 0 Å². The Hall–Kier alpha value is -3.49. The molecule has 0 aliphatic rings. The van der Waals surface area contributed by atoms with Gasteiger partial charge in [0.15, 0.2) is 12.1 Å². The Morgan fingerprint density at radius 2 is 1.11 bits per heavy atom. The fourth-order valence-corrected chi connectivity index (χ4v) is 5.41. The van der Waals surface area contributed by atoms with Crippen LogP contribution < -0.4 is 0 Å². The number of unbranched alkanes of at least 4 members (excludes halogenated alkanes) is 10. The third-order valence-electron chi connectivity index (χ3n) is 8.62. The molecule has 306 valence electrons. The number of hydrogen-bond donors (Lipinski definition) is 1. The van der Waals surface area contributed by atoms with Gasteiger partial charge in [-0.1, -0.05) is 131 Å². The van der Waals surface area contributed by atoms with E-state index in [9.17, 15) is 19.5 Å². The number of rotatable bonds is 35. The molecule has 0 heterocycles. The topological polar surface area (TPSA) is 99.1 Å². The Balaban J connectivity index is 4.50. The third-order valence-corrected chi connectivity index (χ3v) is 8.62. The fourth-order valence-electron chi connectivity index (χ4n) is 5.41. The van der Waals surface area contributed by atoms with Crippen LogP contribution in [0.2, 0.25) is 0 Å². The Morgan fingerprint density at radius 3 is 1.74 bits per heavy atom. The molecule has 0 saturated heterocycles. The number of carboxylic acid groups (broad SMARTS) is 1. The van der Waals surface area contributed by atoms with Crippen LogP contribution in [0.1, 0.15) is 136 Å². The Morgan fingerprint density at radius 1 is 0.593 bits per heavy atom. The van der Waals surface area contributed by atoms with Gasteiger partial charge in [0.25, 0.3) is 0 Å². The first-order valence-corrected chi connectivity index (χ1v) is 20.7. The molecule has 0 radical (unpaired) electrons. The lowest BCUT2D eigenvalue weighted by molar-refractivity contribution is -0.887. The van der Waals surface area contributed by atoms with Crippen LogP contribution in [0.4, 0.5) is 0 Å². The molecule has 0 aromatic rings. The predicted octanol–water partition coefficient (Wildman–Crippen LogP) is 11.0. The van der Waals surface area contributed by atoms with E-state index in [1.807, 2.05) is 33.3 Å². The first-order valence-electron chi connectivity index (χ1n) is 20.7. The molecule has 0 aromatic carbocycles. The SMILES string of the molecule is CC/C=C/C/C=C/C/C=C/CCCCC(=O)OCC(COCCC(C(=O)O)[N+](C)(C)C)OC(=O)CCCCCCC/C=C/C=C/C=C/C=C/CCCCC. The van der Waals surface area contributed by atoms with Gasteiger partial charge < -0.3 is 23.8 Å². The number of carbonyl (C=O) groups excluding carboxylic acids is 2. The van der Waals surface area contributed by atoms with Gasteiger partial charge in [-0.2, -0.15) is 0 Å². The fraction of sp³-hybridized carbons (Fsp3) is 0.630. The average Bonchev–Trinajstić information content (AvgIpc) is 3.12. The van der Waals surface area contributed by atoms with E-state index in [4.69, 9.17) is 14.2 Å². The summed E-state index contributed by atoms with van der Waals surface area (Å²) in [5, 5.41) is 9.60. The van der Waals surface area contributed by atoms with E-state index in [1.54, 1.807) is 0 Å². The van der Waals surface area contributed by atoms with Crippen molar-refractivity contribution < 1.29 is 38.2 Å². The first kappa shape index (κ1) is 50.5. The van der Waals surface area contributed by atoms with E-state index < -0.39 is 18.1 Å². The maximum atomic E-state index is 12.7. The van der Waals surface area contributed by atoms with E-state index >= 15 is 0 Å². The van der Waals surface area contributed by atoms with Gasteiger partial charge in [0.1, 0.15) is 6.61 Å². The summed E-state index contributed by atoms with van der Waals surface area (Å²) in [4.78, 5) is 36.9. The van der Waals surface area contributed by atoms with Crippen LogP contribution in [0.5, 0.6) is 0 Å². The van der Waals surface area contributed by atoms with Crippen LogP contribution in [0.3, 0.4) is 0 Å². The average molecular weight is 755 g/mol. The highest BCUT2D eigenvalue weighted by Crippen LogP contribution is 2.12. The summed E-state index contributed by atoms with van der Waals surface area (Å²) in [7, 11) is 5.49. The van der Waals surface area contributed by atoms with Gasteiger partial charge in [-0.3, -0.25) is 9.59 Å². The maximum Gasteiger partial charge on any atom is 0.362 e. The molecule has 1 N–H and O–H groups in total. The van der Waals surface area contributed by atoms with Crippen molar-refractivity contribution in [1.82, 2.24) is 0 Å². The number of allylic oxidation sites excluding steroid dienone is 14. The van der Waals surface area contributed by atoms with Crippen molar-refractivity contribution in [3.63, 3.8) is 0 Å². The van der Waals surface area contributed by atoms with Gasteiger partial charge in [-0.25, -0.2) is 4.79 Å². The number of hydrogen-bond acceptors (Lipinski definition) is 6. The van der Waals surface area contributed by atoms with E-state index in [0.29, 0.717) is 25.7 Å². The molecule has 0 aliphatic heterocycles. The van der Waals surface area contributed by atoms with Crippen molar-refractivity contribution in [2.75, 3.05) is 41.0 Å². The molecule has 8 heteroatoms. The summed E-state index contributed by atoms with van der Waals surface area (Å²) in [6.45, 7) is 4.48. The normalized spacial score (nSPS) is 13.9. The number of esters is 2. The minimum absolute atomic E-state index is 0.0335. The highest BCUT2D eigenvalue weighted by molar-refractivity contribution is 5.72. The highest BCUT2D eigenvalue weighted by atomic mass is 16.6. The summed E-state index contributed by atoms with van der Waals surface area (Å²) in [6.07, 6.45) is 46.3. The number of carboxylic acids is 1. The van der Waals surface area contributed by atoms with Crippen LogP contribution in [0.25, 0.3) is 0 Å². The van der Waals surface area contributed by atoms with E-state index in [0.717, 1.165) is 77.0 Å². The smallest absolute Gasteiger partial charge is 0.362 e. The van der Waals surface area contributed by atoms with Crippen LogP contribution in [-0.2, 0) is 28.6 Å². The Labute approximate surface area is 329 Å². The summed E-state index contributed by atoms with van der Waals surface area (Å²) in [6, 6.07) is -0.629. The largest absolute Gasteiger partial charge is 0.477 e. The van der Waals surface area contributed by atoms with Crippen molar-refractivity contribution in [3.8, 4) is 0 Å². The molecule has 0 fully saturated rings. The second-order valence-corrected chi connectivity index (χ2v) is 14.6. The standard InChI is InChI=1S/C46H75NO7/c1-6-8-10-12-14-16-18-20-21-22-23-24-25-27-29-31-33-35-37-45(49)54-42(40-52-39-38-43(46(50)51)47(3,4)5)41-53-44(48)36-34-32-30-28-26-19-17-15-13-11-9-7-2/h9,11,14-18,20-24,26,28,42-43H,6-8,10,12-13,19,25,27,29-41H2,1-5H3/p+1/b11-9+,16-14+,17-15+,20-18+,22-21+,24-23+,28-26+. The quantitative estimate of drug-likeness (QED) is 0.0226.